The molecule has 4 rings (SSSR count). The SMILES string of the molecule is CCC(=O)O[C@]1(C(=O)SCCl)[C@@H](C)CC2C3CCC4=CC(=O)C=C[C@]4(C)[C@@]3(F)[C@@H](O)C[C@@]21C. The fourth-order valence-corrected chi connectivity index (χ4v) is 8.72. The lowest BCUT2D eigenvalue weighted by Gasteiger charge is -2.62. The number of alkyl halides is 2. The second-order valence-electron chi connectivity index (χ2n) is 10.5. The molecule has 0 spiro atoms. The summed E-state index contributed by atoms with van der Waals surface area (Å²) in [5.74, 6) is -1.84. The molecular formula is C25H32ClFO5S. The number of ether oxygens (including phenoxy) is 1. The van der Waals surface area contributed by atoms with Crippen LogP contribution in [0.1, 0.15) is 59.8 Å². The lowest BCUT2D eigenvalue weighted by molar-refractivity contribution is -0.225. The van der Waals surface area contributed by atoms with Crippen molar-refractivity contribution in [3.8, 4) is 0 Å². The number of aliphatic hydroxyl groups is 1. The van der Waals surface area contributed by atoms with E-state index in [1.807, 2.05) is 13.8 Å². The predicted octanol–water partition coefficient (Wildman–Crippen LogP) is 4.75. The van der Waals surface area contributed by atoms with Crippen molar-refractivity contribution in [2.45, 2.75) is 77.2 Å². The Kier molecular flexibility index (Phi) is 6.19. The number of hydrogen-bond acceptors (Lipinski definition) is 6. The van der Waals surface area contributed by atoms with Crippen LogP contribution in [0.2, 0.25) is 0 Å². The van der Waals surface area contributed by atoms with Crippen molar-refractivity contribution < 1.29 is 28.6 Å². The average molecular weight is 499 g/mol. The lowest BCUT2D eigenvalue weighted by Crippen LogP contribution is -2.69. The Balaban J connectivity index is 1.84. The van der Waals surface area contributed by atoms with Crippen LogP contribution in [0.4, 0.5) is 4.39 Å². The van der Waals surface area contributed by atoms with Crippen molar-refractivity contribution >= 4 is 40.2 Å². The molecule has 33 heavy (non-hydrogen) atoms. The minimum atomic E-state index is -1.99. The van der Waals surface area contributed by atoms with E-state index in [2.05, 4.69) is 0 Å². The zero-order valence-corrected chi connectivity index (χ0v) is 21.1. The summed E-state index contributed by atoms with van der Waals surface area (Å²) in [7, 11) is 0. The Morgan fingerprint density at radius 3 is 2.67 bits per heavy atom. The fraction of sp³-hybridized carbons (Fsp3) is 0.720. The van der Waals surface area contributed by atoms with Gasteiger partial charge in [0.2, 0.25) is 5.12 Å². The molecule has 4 aliphatic carbocycles. The molecule has 182 valence electrons. The van der Waals surface area contributed by atoms with E-state index in [-0.39, 0.29) is 40.8 Å². The minimum absolute atomic E-state index is 0.0157. The average Bonchev–Trinajstić information content (AvgIpc) is 2.97. The topological polar surface area (TPSA) is 80.7 Å². The normalized spacial score (nSPS) is 46.2. The quantitative estimate of drug-likeness (QED) is 0.445. The number of carbonyl (C=O) groups excluding carboxylic acids is 3. The third-order valence-corrected chi connectivity index (χ3v) is 10.2. The molecule has 4 aliphatic rings. The van der Waals surface area contributed by atoms with Gasteiger partial charge in [0.1, 0.15) is 0 Å². The summed E-state index contributed by atoms with van der Waals surface area (Å²) in [5, 5.41) is 11.1. The van der Waals surface area contributed by atoms with Crippen LogP contribution in [0, 0.1) is 28.6 Å². The van der Waals surface area contributed by atoms with Crippen molar-refractivity contribution in [1.82, 2.24) is 0 Å². The zero-order chi connectivity index (χ0) is 24.4. The van der Waals surface area contributed by atoms with Crippen LogP contribution in [-0.2, 0) is 19.1 Å². The van der Waals surface area contributed by atoms with Gasteiger partial charge in [0.05, 0.1) is 11.3 Å². The Morgan fingerprint density at radius 2 is 2.03 bits per heavy atom. The smallest absolute Gasteiger partial charge is 0.306 e. The van der Waals surface area contributed by atoms with Gasteiger partial charge in [-0.05, 0) is 50.7 Å². The molecule has 5 nitrogen and oxygen atoms in total. The second-order valence-corrected chi connectivity index (χ2v) is 12.0. The highest BCUT2D eigenvalue weighted by molar-refractivity contribution is 8.14. The molecule has 0 bridgehead atoms. The highest BCUT2D eigenvalue weighted by Crippen LogP contribution is 2.71. The van der Waals surface area contributed by atoms with Gasteiger partial charge in [0.25, 0.3) is 0 Å². The monoisotopic (exact) mass is 498 g/mol. The zero-order valence-electron chi connectivity index (χ0n) is 19.5. The summed E-state index contributed by atoms with van der Waals surface area (Å²) in [4.78, 5) is 38.1. The highest BCUT2D eigenvalue weighted by Gasteiger charge is 2.77. The van der Waals surface area contributed by atoms with E-state index in [0.717, 1.165) is 11.8 Å². The van der Waals surface area contributed by atoms with Gasteiger partial charge < -0.3 is 9.84 Å². The van der Waals surface area contributed by atoms with Crippen molar-refractivity contribution in [3.05, 3.63) is 23.8 Å². The number of carbonyl (C=O) groups is 3. The Bertz CT molecular complexity index is 951. The maximum atomic E-state index is 17.3. The maximum absolute atomic E-state index is 17.3. The summed E-state index contributed by atoms with van der Waals surface area (Å²) in [6.45, 7) is 7.18. The van der Waals surface area contributed by atoms with Gasteiger partial charge in [-0.25, -0.2) is 4.39 Å². The first-order valence-electron chi connectivity index (χ1n) is 11.7. The van der Waals surface area contributed by atoms with Crippen molar-refractivity contribution in [3.63, 3.8) is 0 Å². The van der Waals surface area contributed by atoms with Crippen molar-refractivity contribution in [1.29, 1.82) is 0 Å². The highest BCUT2D eigenvalue weighted by atomic mass is 35.5. The number of rotatable bonds is 4. The maximum Gasteiger partial charge on any atom is 0.306 e. The van der Waals surface area contributed by atoms with Crippen molar-refractivity contribution in [2.75, 3.05) is 5.21 Å². The van der Waals surface area contributed by atoms with Gasteiger partial charge in [0, 0.05) is 29.1 Å². The van der Waals surface area contributed by atoms with Gasteiger partial charge in [-0.3, -0.25) is 14.4 Å². The van der Waals surface area contributed by atoms with Gasteiger partial charge in [-0.1, -0.05) is 44.2 Å². The standard InChI is InChI=1S/C25H32ClFO5S/c1-5-20(30)32-25(21(31)33-13-26)14(2)10-18-17-7-6-15-11-16(28)8-9-22(15,3)24(17,27)19(29)12-23(18,25)4/h8-9,11,14,17-19,29H,5-7,10,12-13H2,1-4H3/t14-,17?,18?,19-,22-,23-,24-,25-/m0/s1. The molecule has 2 unspecified atom stereocenters. The second kappa shape index (κ2) is 8.20. The molecule has 0 radical (unpaired) electrons. The number of ketones is 1. The molecule has 8 atom stereocenters. The molecule has 0 aromatic carbocycles. The molecule has 0 aromatic heterocycles. The summed E-state index contributed by atoms with van der Waals surface area (Å²) in [6, 6.07) is 0. The Labute approximate surface area is 203 Å². The molecule has 3 fully saturated rings. The van der Waals surface area contributed by atoms with Crippen molar-refractivity contribution in [2.24, 2.45) is 28.6 Å². The molecule has 1 N–H and O–H groups in total. The number of thioether (sulfide) groups is 1. The third kappa shape index (κ3) is 3.10. The molecule has 0 saturated heterocycles. The van der Waals surface area contributed by atoms with Crippen LogP contribution < -0.4 is 0 Å². The third-order valence-electron chi connectivity index (χ3n) is 9.23. The number of esters is 1. The number of hydrogen-bond donors (Lipinski definition) is 1. The summed E-state index contributed by atoms with van der Waals surface area (Å²) in [5.41, 5.74) is -4.82. The number of fused-ring (bicyclic) bond motifs is 5. The molecular weight excluding hydrogens is 467 g/mol. The van der Waals surface area contributed by atoms with E-state index in [9.17, 15) is 19.5 Å². The molecule has 0 aliphatic heterocycles. The van der Waals surface area contributed by atoms with Crippen LogP contribution in [0.25, 0.3) is 0 Å². The van der Waals surface area contributed by atoms with E-state index in [1.165, 1.54) is 12.2 Å². The lowest BCUT2D eigenvalue weighted by atomic mass is 9.45. The molecule has 0 heterocycles. The summed E-state index contributed by atoms with van der Waals surface area (Å²) >= 11 is 6.80. The molecule has 0 aromatic rings. The number of allylic oxidation sites excluding steroid dienone is 4. The molecule has 0 amide bonds. The van der Waals surface area contributed by atoms with E-state index >= 15 is 4.39 Å². The van der Waals surface area contributed by atoms with E-state index in [0.29, 0.717) is 24.8 Å². The van der Waals surface area contributed by atoms with Crippen LogP contribution >= 0.6 is 23.4 Å². The first-order chi connectivity index (χ1) is 15.4. The van der Waals surface area contributed by atoms with E-state index < -0.39 is 40.1 Å². The molecule has 3 saturated carbocycles. The van der Waals surface area contributed by atoms with Gasteiger partial charge in [-0.15, -0.1) is 11.6 Å². The van der Waals surface area contributed by atoms with Gasteiger partial charge >= 0.3 is 5.97 Å². The van der Waals surface area contributed by atoms with Crippen LogP contribution in [0.3, 0.4) is 0 Å². The first kappa shape index (κ1) is 24.9. The van der Waals surface area contributed by atoms with Gasteiger partial charge in [-0.2, -0.15) is 0 Å². The summed E-state index contributed by atoms with van der Waals surface area (Å²) < 4.78 is 23.2. The predicted molar refractivity (Wildman–Crippen MR) is 125 cm³/mol. The Hall–Kier alpha value is -1.18. The summed E-state index contributed by atoms with van der Waals surface area (Å²) in [6.07, 6.45) is 4.70. The largest absolute Gasteiger partial charge is 0.449 e. The van der Waals surface area contributed by atoms with Crippen LogP contribution in [-0.4, -0.2) is 44.6 Å². The number of halogens is 2. The number of aliphatic hydroxyl groups excluding tert-OH is 1. The van der Waals surface area contributed by atoms with Crippen LogP contribution in [0.15, 0.2) is 23.8 Å². The van der Waals surface area contributed by atoms with E-state index in [1.54, 1.807) is 19.9 Å². The Morgan fingerprint density at radius 1 is 1.33 bits per heavy atom. The molecule has 8 heteroatoms. The van der Waals surface area contributed by atoms with Crippen LogP contribution in [0.5, 0.6) is 0 Å². The minimum Gasteiger partial charge on any atom is -0.449 e. The van der Waals surface area contributed by atoms with Gasteiger partial charge in [0.15, 0.2) is 17.1 Å². The van der Waals surface area contributed by atoms with E-state index in [4.69, 9.17) is 16.3 Å². The first-order valence-corrected chi connectivity index (χ1v) is 13.2. The fourth-order valence-electron chi connectivity index (χ4n) is 7.63.